The van der Waals surface area contributed by atoms with Gasteiger partial charge < -0.3 is 36.4 Å². The van der Waals surface area contributed by atoms with Gasteiger partial charge in [-0.15, -0.1) is 12.4 Å². The number of benzene rings is 2. The average Bonchev–Trinajstić information content (AvgIpc) is 2.96. The van der Waals surface area contributed by atoms with E-state index in [1.54, 1.807) is 31.4 Å². The van der Waals surface area contributed by atoms with Gasteiger partial charge in [-0.05, 0) is 88.6 Å². The molecule has 0 unspecified atom stereocenters. The Balaban J connectivity index is 0.00000840. The maximum atomic E-state index is 12.8. The summed E-state index contributed by atoms with van der Waals surface area (Å²) in [6.07, 6.45) is 5.62. The highest BCUT2D eigenvalue weighted by Gasteiger charge is 2.20. The number of ether oxygens (including phenoxy) is 1. The number of hydrogen-bond donors (Lipinski definition) is 6. The lowest BCUT2D eigenvalue weighted by Crippen LogP contribution is -2.48. The molecule has 2 rings (SSSR count). The van der Waals surface area contributed by atoms with E-state index in [0.717, 1.165) is 82.7 Å². The van der Waals surface area contributed by atoms with Crippen LogP contribution in [-0.2, 0) is 22.6 Å². The van der Waals surface area contributed by atoms with Crippen LogP contribution in [0.4, 0.5) is 0 Å². The Hall–Kier alpha value is -2.85. The Bertz CT molecular complexity index is 977. The van der Waals surface area contributed by atoms with E-state index in [9.17, 15) is 14.7 Å². The number of phenols is 1. The molecule has 2 amide bonds. The van der Waals surface area contributed by atoms with E-state index >= 15 is 0 Å². The summed E-state index contributed by atoms with van der Waals surface area (Å²) < 4.78 is 5.38. The monoisotopic (exact) mass is 591 g/mol. The summed E-state index contributed by atoms with van der Waals surface area (Å²) >= 11 is 0. The summed E-state index contributed by atoms with van der Waals surface area (Å²) in [7, 11) is 1.70. The first-order chi connectivity index (χ1) is 19.5. The maximum absolute atomic E-state index is 12.8. The second-order valence-corrected chi connectivity index (χ2v) is 9.93. The van der Waals surface area contributed by atoms with Crippen LogP contribution in [-0.4, -0.2) is 69.3 Å². The first-order valence-electron chi connectivity index (χ1n) is 14.6. The van der Waals surface area contributed by atoms with Crippen molar-refractivity contribution in [3.05, 3.63) is 59.7 Å². The highest BCUT2D eigenvalue weighted by molar-refractivity contribution is 5.87. The SMILES string of the molecule is CCCC(=O)N[C@@H](Cc1ccc(O)cc1)C(=O)NCCCNCCCCNCCCNCc1ccccc1OC.Cl. The third-order valence-electron chi connectivity index (χ3n) is 6.51. The number of methoxy groups -OCH3 is 1. The molecule has 9 nitrogen and oxygen atoms in total. The fourth-order valence-electron chi connectivity index (χ4n) is 4.28. The summed E-state index contributed by atoms with van der Waals surface area (Å²) in [5.74, 6) is 0.792. The molecule has 0 spiro atoms. The predicted octanol–water partition coefficient (Wildman–Crippen LogP) is 3.30. The van der Waals surface area contributed by atoms with Crippen LogP contribution in [0.1, 0.15) is 56.6 Å². The molecule has 0 aliphatic carbocycles. The molecule has 230 valence electrons. The molecular formula is C31H50ClN5O4. The van der Waals surface area contributed by atoms with Gasteiger partial charge in [0.2, 0.25) is 11.8 Å². The zero-order valence-electron chi connectivity index (χ0n) is 24.7. The van der Waals surface area contributed by atoms with Crippen LogP contribution in [0.3, 0.4) is 0 Å². The van der Waals surface area contributed by atoms with Gasteiger partial charge in [0, 0.05) is 31.5 Å². The highest BCUT2D eigenvalue weighted by Crippen LogP contribution is 2.16. The molecule has 10 heteroatoms. The van der Waals surface area contributed by atoms with E-state index < -0.39 is 6.04 Å². The molecule has 0 aliphatic heterocycles. The minimum atomic E-state index is -0.632. The van der Waals surface area contributed by atoms with Crippen LogP contribution in [0.5, 0.6) is 11.5 Å². The van der Waals surface area contributed by atoms with Gasteiger partial charge in [-0.2, -0.15) is 0 Å². The van der Waals surface area contributed by atoms with Gasteiger partial charge >= 0.3 is 0 Å². The molecule has 6 N–H and O–H groups in total. The van der Waals surface area contributed by atoms with Gasteiger partial charge in [-0.25, -0.2) is 0 Å². The Morgan fingerprint density at radius 2 is 1.44 bits per heavy atom. The zero-order chi connectivity index (χ0) is 28.8. The minimum Gasteiger partial charge on any atom is -0.508 e. The van der Waals surface area contributed by atoms with Crippen molar-refractivity contribution in [1.82, 2.24) is 26.6 Å². The van der Waals surface area contributed by atoms with Gasteiger partial charge in [-0.3, -0.25) is 9.59 Å². The molecule has 0 aliphatic rings. The predicted molar refractivity (Wildman–Crippen MR) is 168 cm³/mol. The average molecular weight is 592 g/mol. The van der Waals surface area contributed by atoms with Gasteiger partial charge in [0.15, 0.2) is 0 Å². The molecule has 1 atom stereocenters. The van der Waals surface area contributed by atoms with E-state index in [0.29, 0.717) is 19.4 Å². The number of rotatable bonds is 22. The summed E-state index contributed by atoms with van der Waals surface area (Å²) in [5.41, 5.74) is 2.06. The van der Waals surface area contributed by atoms with Gasteiger partial charge in [-0.1, -0.05) is 37.3 Å². The smallest absolute Gasteiger partial charge is 0.242 e. The van der Waals surface area contributed by atoms with Crippen molar-refractivity contribution in [3.8, 4) is 11.5 Å². The topological polar surface area (TPSA) is 124 Å². The van der Waals surface area contributed by atoms with Crippen LogP contribution in [0.15, 0.2) is 48.5 Å². The van der Waals surface area contributed by atoms with Crippen LogP contribution >= 0.6 is 12.4 Å². The Labute approximate surface area is 252 Å². The lowest BCUT2D eigenvalue weighted by molar-refractivity contribution is -0.129. The maximum Gasteiger partial charge on any atom is 0.242 e. The standard InChI is InChI=1S/C31H49N5O4.ClH/c1-3-10-30(38)36-28(23-25-13-15-27(37)16-14-25)31(39)35-22-9-20-33-18-7-6-17-32-19-8-21-34-24-26-11-4-5-12-29(26)40-2;/h4-5,11-16,28,32-34,37H,3,6-10,17-24H2,1-2H3,(H,35,39)(H,36,38);1H/t28-;/m0./s1. The fraction of sp³-hybridized carbons (Fsp3) is 0.548. The van der Waals surface area contributed by atoms with E-state index in [4.69, 9.17) is 4.74 Å². The molecule has 0 saturated carbocycles. The van der Waals surface area contributed by atoms with Crippen LogP contribution in [0.2, 0.25) is 0 Å². The van der Waals surface area contributed by atoms with Crippen molar-refractivity contribution in [2.24, 2.45) is 0 Å². The van der Waals surface area contributed by atoms with Crippen molar-refractivity contribution < 1.29 is 19.4 Å². The Kier molecular flexibility index (Phi) is 20.1. The number of hydrogen-bond acceptors (Lipinski definition) is 7. The van der Waals surface area contributed by atoms with Crippen molar-refractivity contribution in [1.29, 1.82) is 0 Å². The third kappa shape index (κ3) is 16.2. The van der Waals surface area contributed by atoms with Gasteiger partial charge in [0.05, 0.1) is 7.11 Å². The number of carbonyl (C=O) groups is 2. The normalized spacial score (nSPS) is 11.4. The van der Waals surface area contributed by atoms with Crippen LogP contribution in [0.25, 0.3) is 0 Å². The number of halogens is 1. The Morgan fingerprint density at radius 3 is 2.10 bits per heavy atom. The second-order valence-electron chi connectivity index (χ2n) is 9.93. The number of para-hydroxylation sites is 1. The summed E-state index contributed by atoms with van der Waals surface area (Å²) in [6.45, 7) is 8.05. The molecule has 0 fully saturated rings. The first kappa shape index (κ1) is 36.2. The number of phenolic OH excluding ortho intramolecular Hbond substituents is 1. The molecule has 2 aromatic rings. The minimum absolute atomic E-state index is 0. The van der Waals surface area contributed by atoms with E-state index in [1.165, 1.54) is 5.56 Å². The zero-order valence-corrected chi connectivity index (χ0v) is 25.5. The summed E-state index contributed by atoms with van der Waals surface area (Å²) in [6, 6.07) is 14.2. The van der Waals surface area contributed by atoms with E-state index in [1.807, 2.05) is 25.1 Å². The molecule has 0 saturated heterocycles. The third-order valence-corrected chi connectivity index (χ3v) is 6.51. The number of aromatic hydroxyl groups is 1. The van der Waals surface area contributed by atoms with Gasteiger partial charge in [0.25, 0.3) is 0 Å². The van der Waals surface area contributed by atoms with Crippen molar-refractivity contribution >= 4 is 24.2 Å². The first-order valence-corrected chi connectivity index (χ1v) is 14.6. The van der Waals surface area contributed by atoms with Crippen LogP contribution in [0, 0.1) is 0 Å². The molecule has 0 heterocycles. The number of carbonyl (C=O) groups excluding carboxylic acids is 2. The summed E-state index contributed by atoms with van der Waals surface area (Å²) in [4.78, 5) is 24.9. The molecule has 0 bridgehead atoms. The molecule has 0 aromatic heterocycles. The van der Waals surface area contributed by atoms with Crippen molar-refractivity contribution in [3.63, 3.8) is 0 Å². The Morgan fingerprint density at radius 1 is 0.829 bits per heavy atom. The molecule has 2 aromatic carbocycles. The number of unbranched alkanes of at least 4 members (excludes halogenated alkanes) is 1. The van der Waals surface area contributed by atoms with E-state index in [2.05, 4.69) is 32.7 Å². The highest BCUT2D eigenvalue weighted by atomic mass is 35.5. The van der Waals surface area contributed by atoms with Gasteiger partial charge in [0.1, 0.15) is 17.5 Å². The molecular weight excluding hydrogens is 542 g/mol. The largest absolute Gasteiger partial charge is 0.508 e. The fourth-order valence-corrected chi connectivity index (χ4v) is 4.28. The van der Waals surface area contributed by atoms with E-state index in [-0.39, 0.29) is 30.0 Å². The molecule has 0 radical (unpaired) electrons. The number of nitrogens with one attached hydrogen (secondary N) is 5. The van der Waals surface area contributed by atoms with Crippen LogP contribution < -0.4 is 31.3 Å². The van der Waals surface area contributed by atoms with Crippen molar-refractivity contribution in [2.75, 3.05) is 46.4 Å². The second kappa shape index (κ2) is 22.8. The lowest BCUT2D eigenvalue weighted by atomic mass is 10.0. The number of amides is 2. The quantitative estimate of drug-likeness (QED) is 0.116. The van der Waals surface area contributed by atoms with Crippen molar-refractivity contribution in [2.45, 2.75) is 64.5 Å². The lowest BCUT2D eigenvalue weighted by Gasteiger charge is -2.19. The molecule has 41 heavy (non-hydrogen) atoms. The summed E-state index contributed by atoms with van der Waals surface area (Å²) in [5, 5.41) is 25.7.